The van der Waals surface area contributed by atoms with Crippen LogP contribution >= 0.6 is 0 Å². The molecular weight excluding hydrogens is 358 g/mol. The number of amides is 1. The Morgan fingerprint density at radius 1 is 1.14 bits per heavy atom. The standard InChI is InChI=1S/C22H23NO5/c1-13(2)12-28-17-9-7-14(8-10-17)20(25)18-19(23(3)22(27)21(18)26)15-5-4-6-16(24)11-15/h4-11,13,19,24-25H,12H2,1-3H3/t19-/m1/s1. The molecule has 0 unspecified atom stereocenters. The van der Waals surface area contributed by atoms with Crippen molar-refractivity contribution in [2.24, 2.45) is 5.92 Å². The Hall–Kier alpha value is -3.28. The second-order valence-electron chi connectivity index (χ2n) is 7.23. The number of aliphatic hydroxyl groups excluding tert-OH is 1. The molecule has 1 aliphatic heterocycles. The number of rotatable bonds is 5. The zero-order valence-corrected chi connectivity index (χ0v) is 16.0. The lowest BCUT2D eigenvalue weighted by atomic mass is 9.95. The van der Waals surface area contributed by atoms with Gasteiger partial charge < -0.3 is 19.8 Å². The van der Waals surface area contributed by atoms with E-state index in [1.807, 2.05) is 13.8 Å². The molecule has 1 aliphatic rings. The van der Waals surface area contributed by atoms with Crippen molar-refractivity contribution in [2.75, 3.05) is 13.7 Å². The predicted molar refractivity (Wildman–Crippen MR) is 105 cm³/mol. The summed E-state index contributed by atoms with van der Waals surface area (Å²) in [6.07, 6.45) is 0. The van der Waals surface area contributed by atoms with Gasteiger partial charge in [-0.3, -0.25) is 9.59 Å². The number of hydrogen-bond acceptors (Lipinski definition) is 5. The molecule has 1 atom stereocenters. The summed E-state index contributed by atoms with van der Waals surface area (Å²) in [5.74, 6) is -0.656. The first kappa shape index (κ1) is 19.5. The Morgan fingerprint density at radius 2 is 1.82 bits per heavy atom. The minimum Gasteiger partial charge on any atom is -0.508 e. The number of aliphatic hydroxyl groups is 1. The molecule has 1 fully saturated rings. The average molecular weight is 381 g/mol. The van der Waals surface area contributed by atoms with Gasteiger partial charge in [-0.25, -0.2) is 0 Å². The number of ketones is 1. The Morgan fingerprint density at radius 3 is 2.43 bits per heavy atom. The third-order valence-electron chi connectivity index (χ3n) is 4.57. The van der Waals surface area contributed by atoms with Crippen molar-refractivity contribution in [3.8, 4) is 11.5 Å². The second-order valence-corrected chi connectivity index (χ2v) is 7.23. The third kappa shape index (κ3) is 3.71. The first-order valence-electron chi connectivity index (χ1n) is 9.06. The molecule has 6 nitrogen and oxygen atoms in total. The highest BCUT2D eigenvalue weighted by Gasteiger charge is 2.44. The molecule has 0 spiro atoms. The highest BCUT2D eigenvalue weighted by Crippen LogP contribution is 2.39. The number of likely N-dealkylation sites (N-methyl/N-ethyl adjacent to an activating group) is 1. The zero-order chi connectivity index (χ0) is 20.4. The molecule has 0 aromatic heterocycles. The van der Waals surface area contributed by atoms with E-state index < -0.39 is 17.7 Å². The summed E-state index contributed by atoms with van der Waals surface area (Å²) in [4.78, 5) is 26.1. The van der Waals surface area contributed by atoms with Crippen LogP contribution in [0.2, 0.25) is 0 Å². The number of aromatic hydroxyl groups is 1. The van der Waals surface area contributed by atoms with Crippen LogP contribution in [0.4, 0.5) is 0 Å². The second kappa shape index (κ2) is 7.76. The van der Waals surface area contributed by atoms with E-state index in [0.29, 0.717) is 29.4 Å². The Balaban J connectivity index is 2.00. The van der Waals surface area contributed by atoms with E-state index in [2.05, 4.69) is 0 Å². The summed E-state index contributed by atoms with van der Waals surface area (Å²) in [7, 11) is 1.50. The number of hydrogen-bond donors (Lipinski definition) is 2. The molecule has 1 saturated heterocycles. The molecule has 0 bridgehead atoms. The largest absolute Gasteiger partial charge is 0.508 e. The summed E-state index contributed by atoms with van der Waals surface area (Å²) in [6.45, 7) is 4.67. The molecule has 28 heavy (non-hydrogen) atoms. The minimum atomic E-state index is -0.774. The Kier molecular flexibility index (Phi) is 5.40. The lowest BCUT2D eigenvalue weighted by molar-refractivity contribution is -0.139. The molecule has 0 radical (unpaired) electrons. The minimum absolute atomic E-state index is 0.00560. The van der Waals surface area contributed by atoms with Gasteiger partial charge in [-0.15, -0.1) is 0 Å². The number of phenols is 1. The van der Waals surface area contributed by atoms with Crippen molar-refractivity contribution >= 4 is 17.4 Å². The first-order chi connectivity index (χ1) is 13.3. The summed E-state index contributed by atoms with van der Waals surface area (Å²) >= 11 is 0. The monoisotopic (exact) mass is 381 g/mol. The van der Waals surface area contributed by atoms with Crippen LogP contribution in [0.25, 0.3) is 5.76 Å². The highest BCUT2D eigenvalue weighted by atomic mass is 16.5. The van der Waals surface area contributed by atoms with Crippen molar-refractivity contribution in [2.45, 2.75) is 19.9 Å². The first-order valence-corrected chi connectivity index (χ1v) is 9.06. The lowest BCUT2D eigenvalue weighted by Crippen LogP contribution is -2.24. The maximum atomic E-state index is 12.5. The number of carbonyl (C=O) groups is 2. The van der Waals surface area contributed by atoms with Crippen LogP contribution < -0.4 is 4.74 Å². The maximum absolute atomic E-state index is 12.5. The molecule has 146 valence electrons. The Labute approximate surface area is 163 Å². The summed E-state index contributed by atoms with van der Waals surface area (Å²) in [6, 6.07) is 12.2. The highest BCUT2D eigenvalue weighted by molar-refractivity contribution is 6.46. The summed E-state index contributed by atoms with van der Waals surface area (Å²) in [5.41, 5.74) is 0.947. The fourth-order valence-electron chi connectivity index (χ4n) is 3.16. The molecule has 6 heteroatoms. The van der Waals surface area contributed by atoms with Gasteiger partial charge in [0.2, 0.25) is 0 Å². The van der Waals surface area contributed by atoms with Gasteiger partial charge in [-0.2, -0.15) is 0 Å². The number of Topliss-reactive ketones (excluding diaryl/α,β-unsaturated/α-hetero) is 1. The van der Waals surface area contributed by atoms with E-state index in [-0.39, 0.29) is 17.1 Å². The van der Waals surface area contributed by atoms with Gasteiger partial charge in [0.1, 0.15) is 17.3 Å². The topological polar surface area (TPSA) is 87.1 Å². The van der Waals surface area contributed by atoms with Crippen LogP contribution in [0.1, 0.15) is 31.0 Å². The van der Waals surface area contributed by atoms with Crippen LogP contribution in [0.3, 0.4) is 0 Å². The van der Waals surface area contributed by atoms with E-state index >= 15 is 0 Å². The molecule has 2 aromatic carbocycles. The van der Waals surface area contributed by atoms with E-state index in [1.165, 1.54) is 24.1 Å². The normalized spacial score (nSPS) is 18.7. The number of benzene rings is 2. The predicted octanol–water partition coefficient (Wildman–Crippen LogP) is 3.48. The van der Waals surface area contributed by atoms with Gasteiger partial charge in [0.15, 0.2) is 0 Å². The number of likely N-dealkylation sites (tertiary alicyclic amines) is 1. The third-order valence-corrected chi connectivity index (χ3v) is 4.57. The fraction of sp³-hybridized carbons (Fsp3) is 0.273. The van der Waals surface area contributed by atoms with Crippen LogP contribution in [0, 0.1) is 5.92 Å². The van der Waals surface area contributed by atoms with E-state index in [1.54, 1.807) is 36.4 Å². The summed E-state index contributed by atoms with van der Waals surface area (Å²) < 4.78 is 5.63. The van der Waals surface area contributed by atoms with E-state index in [4.69, 9.17) is 4.74 Å². The van der Waals surface area contributed by atoms with Gasteiger partial charge in [-0.05, 0) is 47.9 Å². The van der Waals surface area contributed by atoms with Crippen LogP contribution in [-0.4, -0.2) is 40.5 Å². The number of nitrogens with zero attached hydrogens (tertiary/aromatic N) is 1. The molecule has 3 rings (SSSR count). The van der Waals surface area contributed by atoms with Crippen LogP contribution in [-0.2, 0) is 9.59 Å². The lowest BCUT2D eigenvalue weighted by Gasteiger charge is -2.21. The molecule has 0 saturated carbocycles. The van der Waals surface area contributed by atoms with Gasteiger partial charge in [0, 0.05) is 12.6 Å². The molecule has 1 heterocycles. The zero-order valence-electron chi connectivity index (χ0n) is 16.0. The Bertz CT molecular complexity index is 930. The SMILES string of the molecule is CC(C)COc1ccc(C(O)=C2C(=O)C(=O)N(C)[C@@H]2c2cccc(O)c2)cc1. The van der Waals surface area contributed by atoms with Gasteiger partial charge >= 0.3 is 0 Å². The van der Waals surface area contributed by atoms with Crippen LogP contribution in [0.15, 0.2) is 54.1 Å². The average Bonchev–Trinajstić information content (AvgIpc) is 2.90. The van der Waals surface area contributed by atoms with Crippen molar-refractivity contribution in [1.82, 2.24) is 4.90 Å². The van der Waals surface area contributed by atoms with Crippen molar-refractivity contribution in [1.29, 1.82) is 0 Å². The van der Waals surface area contributed by atoms with E-state index in [9.17, 15) is 19.8 Å². The molecular formula is C22H23NO5. The molecule has 0 aliphatic carbocycles. The van der Waals surface area contributed by atoms with E-state index in [0.717, 1.165) is 0 Å². The number of phenolic OH excluding ortho intramolecular Hbond substituents is 1. The maximum Gasteiger partial charge on any atom is 0.295 e. The van der Waals surface area contributed by atoms with Crippen molar-refractivity contribution in [3.63, 3.8) is 0 Å². The van der Waals surface area contributed by atoms with Gasteiger partial charge in [0.25, 0.3) is 11.7 Å². The van der Waals surface area contributed by atoms with Crippen molar-refractivity contribution in [3.05, 3.63) is 65.2 Å². The molecule has 2 N–H and O–H groups in total. The van der Waals surface area contributed by atoms with Gasteiger partial charge in [-0.1, -0.05) is 26.0 Å². The van der Waals surface area contributed by atoms with Crippen LogP contribution in [0.5, 0.6) is 11.5 Å². The quantitative estimate of drug-likeness (QED) is 0.470. The smallest absolute Gasteiger partial charge is 0.295 e. The summed E-state index contributed by atoms with van der Waals surface area (Å²) in [5, 5.41) is 20.6. The molecule has 1 amide bonds. The fourth-order valence-corrected chi connectivity index (χ4v) is 3.16. The number of ether oxygens (including phenoxy) is 1. The molecule has 2 aromatic rings. The van der Waals surface area contributed by atoms with Crippen molar-refractivity contribution < 1.29 is 24.5 Å². The number of carbonyl (C=O) groups excluding carboxylic acids is 2. The van der Waals surface area contributed by atoms with Gasteiger partial charge in [0.05, 0.1) is 18.2 Å².